The zero-order valence-electron chi connectivity index (χ0n) is 18.9. The van der Waals surface area contributed by atoms with Gasteiger partial charge in [0.15, 0.2) is 0 Å². The number of carbonyl (C=O) groups excluding carboxylic acids is 1. The Balaban J connectivity index is 1.67. The molecule has 0 aliphatic carbocycles. The number of aromatic amines is 1. The Hall–Kier alpha value is -3.20. The second-order valence-electron chi connectivity index (χ2n) is 8.29. The number of hydrogen-bond acceptors (Lipinski definition) is 6. The molecule has 2 N–H and O–H groups in total. The van der Waals surface area contributed by atoms with E-state index < -0.39 is 0 Å². The molecule has 1 aliphatic heterocycles. The van der Waals surface area contributed by atoms with Crippen molar-refractivity contribution in [3.05, 3.63) is 51.5 Å². The predicted molar refractivity (Wildman–Crippen MR) is 120 cm³/mol. The van der Waals surface area contributed by atoms with Gasteiger partial charge in [-0.15, -0.1) is 0 Å². The summed E-state index contributed by atoms with van der Waals surface area (Å²) in [6.45, 7) is 7.44. The van der Waals surface area contributed by atoms with Crippen molar-refractivity contribution in [2.75, 3.05) is 20.3 Å². The SMILES string of the molecule is COc1cc(C)[nH]c(=O)c1CNC(=O)c1c(C)n([C@@H](C)C2CCOCC2)c2ncncc12. The van der Waals surface area contributed by atoms with Gasteiger partial charge in [0, 0.05) is 36.8 Å². The minimum atomic E-state index is -0.280. The number of nitrogens with zero attached hydrogens (tertiary/aromatic N) is 3. The van der Waals surface area contributed by atoms with Gasteiger partial charge in [-0.05, 0) is 45.6 Å². The number of fused-ring (bicyclic) bond motifs is 1. The topological polar surface area (TPSA) is 111 Å². The van der Waals surface area contributed by atoms with E-state index in [0.717, 1.165) is 37.4 Å². The Morgan fingerprint density at radius 2 is 2.12 bits per heavy atom. The summed E-state index contributed by atoms with van der Waals surface area (Å²) in [6.07, 6.45) is 5.13. The molecule has 4 rings (SSSR count). The highest BCUT2D eigenvalue weighted by Gasteiger charge is 2.28. The van der Waals surface area contributed by atoms with Crippen LogP contribution in [-0.2, 0) is 11.3 Å². The van der Waals surface area contributed by atoms with Crippen molar-refractivity contribution >= 4 is 16.9 Å². The maximum atomic E-state index is 13.3. The lowest BCUT2D eigenvalue weighted by atomic mass is 9.92. The third-order valence-electron chi connectivity index (χ3n) is 6.37. The molecule has 170 valence electrons. The van der Waals surface area contributed by atoms with Gasteiger partial charge >= 0.3 is 0 Å². The van der Waals surface area contributed by atoms with Gasteiger partial charge in [-0.1, -0.05) is 0 Å². The fourth-order valence-electron chi connectivity index (χ4n) is 4.65. The molecular weight excluding hydrogens is 410 g/mol. The van der Waals surface area contributed by atoms with Crippen LogP contribution in [0.2, 0.25) is 0 Å². The van der Waals surface area contributed by atoms with E-state index in [0.29, 0.717) is 33.9 Å². The Labute approximate surface area is 186 Å². The summed E-state index contributed by atoms with van der Waals surface area (Å²) in [5.41, 5.74) is 2.90. The molecule has 3 aromatic rings. The maximum Gasteiger partial charge on any atom is 0.256 e. The number of aromatic nitrogens is 4. The lowest BCUT2D eigenvalue weighted by Gasteiger charge is -2.30. The number of carbonyl (C=O) groups is 1. The highest BCUT2D eigenvalue weighted by molar-refractivity contribution is 6.07. The average molecular weight is 440 g/mol. The first-order valence-corrected chi connectivity index (χ1v) is 10.9. The van der Waals surface area contributed by atoms with Gasteiger partial charge in [-0.2, -0.15) is 0 Å². The first-order chi connectivity index (χ1) is 15.4. The summed E-state index contributed by atoms with van der Waals surface area (Å²) in [5.74, 6) is 0.615. The average Bonchev–Trinajstić information content (AvgIpc) is 3.09. The van der Waals surface area contributed by atoms with E-state index >= 15 is 0 Å². The van der Waals surface area contributed by atoms with Gasteiger partial charge in [0.1, 0.15) is 17.7 Å². The predicted octanol–water partition coefficient (Wildman–Crippen LogP) is 2.66. The molecule has 0 saturated carbocycles. The largest absolute Gasteiger partial charge is 0.496 e. The third-order valence-corrected chi connectivity index (χ3v) is 6.37. The van der Waals surface area contributed by atoms with E-state index in [1.165, 1.54) is 13.4 Å². The van der Waals surface area contributed by atoms with Crippen molar-refractivity contribution in [1.29, 1.82) is 0 Å². The van der Waals surface area contributed by atoms with Gasteiger partial charge in [0.05, 0.1) is 30.2 Å². The Morgan fingerprint density at radius 1 is 1.38 bits per heavy atom. The van der Waals surface area contributed by atoms with Crippen molar-refractivity contribution in [3.8, 4) is 5.75 Å². The maximum absolute atomic E-state index is 13.3. The van der Waals surface area contributed by atoms with Crippen LogP contribution in [0.3, 0.4) is 0 Å². The molecule has 1 saturated heterocycles. The van der Waals surface area contributed by atoms with Crippen LogP contribution in [0.4, 0.5) is 0 Å². The number of amides is 1. The number of aryl methyl sites for hydroxylation is 1. The van der Waals surface area contributed by atoms with Crippen molar-refractivity contribution in [1.82, 2.24) is 24.8 Å². The highest BCUT2D eigenvalue weighted by Crippen LogP contribution is 2.34. The van der Waals surface area contributed by atoms with Crippen LogP contribution in [0.5, 0.6) is 5.75 Å². The molecule has 0 aromatic carbocycles. The molecule has 1 fully saturated rings. The van der Waals surface area contributed by atoms with Gasteiger partial charge in [0.25, 0.3) is 11.5 Å². The van der Waals surface area contributed by atoms with Gasteiger partial charge in [-0.3, -0.25) is 9.59 Å². The van der Waals surface area contributed by atoms with E-state index in [-0.39, 0.29) is 24.1 Å². The molecule has 1 aliphatic rings. The molecule has 9 nitrogen and oxygen atoms in total. The second kappa shape index (κ2) is 9.12. The Kier molecular flexibility index (Phi) is 6.27. The van der Waals surface area contributed by atoms with Crippen molar-refractivity contribution in [2.24, 2.45) is 5.92 Å². The van der Waals surface area contributed by atoms with Gasteiger partial charge in [-0.25, -0.2) is 9.97 Å². The summed E-state index contributed by atoms with van der Waals surface area (Å²) >= 11 is 0. The van der Waals surface area contributed by atoms with Crippen LogP contribution in [0.1, 0.15) is 53.1 Å². The zero-order valence-corrected chi connectivity index (χ0v) is 18.9. The fraction of sp³-hybridized carbons (Fsp3) is 0.478. The molecule has 1 atom stereocenters. The summed E-state index contributed by atoms with van der Waals surface area (Å²) in [5, 5.41) is 3.59. The summed E-state index contributed by atoms with van der Waals surface area (Å²) < 4.78 is 13.0. The molecule has 0 unspecified atom stereocenters. The number of pyridine rings is 1. The zero-order chi connectivity index (χ0) is 22.8. The van der Waals surface area contributed by atoms with Crippen LogP contribution >= 0.6 is 0 Å². The minimum Gasteiger partial charge on any atom is -0.496 e. The quantitative estimate of drug-likeness (QED) is 0.611. The molecule has 0 radical (unpaired) electrons. The van der Waals surface area contributed by atoms with E-state index in [1.807, 2.05) is 6.92 Å². The van der Waals surface area contributed by atoms with Crippen LogP contribution in [0.15, 0.2) is 23.4 Å². The smallest absolute Gasteiger partial charge is 0.256 e. The van der Waals surface area contributed by atoms with Crippen molar-refractivity contribution in [2.45, 2.75) is 46.2 Å². The number of rotatable bonds is 6. The second-order valence-corrected chi connectivity index (χ2v) is 8.29. The number of H-pyrrole nitrogens is 1. The van der Waals surface area contributed by atoms with Crippen LogP contribution in [0, 0.1) is 19.8 Å². The molecular formula is C23H29N5O4. The van der Waals surface area contributed by atoms with Crippen LogP contribution in [-0.4, -0.2) is 45.7 Å². The summed E-state index contributed by atoms with van der Waals surface area (Å²) in [7, 11) is 1.51. The standard InChI is InChI=1S/C23H29N5O4/c1-13-9-19(31-4)17(22(29)27-13)11-25-23(30)20-15(3)28(21-18(20)10-24-12-26-21)14(2)16-5-7-32-8-6-16/h9-10,12,14,16H,5-8,11H2,1-4H3,(H,25,30)(H,27,29)/t14-/m0/s1. The molecule has 9 heteroatoms. The lowest BCUT2D eigenvalue weighted by Crippen LogP contribution is -2.28. The van der Waals surface area contributed by atoms with E-state index in [2.05, 4.69) is 31.8 Å². The first-order valence-electron chi connectivity index (χ1n) is 10.9. The van der Waals surface area contributed by atoms with E-state index in [9.17, 15) is 9.59 Å². The van der Waals surface area contributed by atoms with Gasteiger partial charge < -0.3 is 24.3 Å². The minimum absolute atomic E-state index is 0.0486. The lowest BCUT2D eigenvalue weighted by molar-refractivity contribution is 0.0516. The molecule has 3 aromatic heterocycles. The van der Waals surface area contributed by atoms with Crippen LogP contribution in [0.25, 0.3) is 11.0 Å². The monoisotopic (exact) mass is 439 g/mol. The number of nitrogens with one attached hydrogen (secondary N) is 2. The Bertz CT molecular complexity index is 1190. The van der Waals surface area contributed by atoms with E-state index in [4.69, 9.17) is 9.47 Å². The fourth-order valence-corrected chi connectivity index (χ4v) is 4.65. The van der Waals surface area contributed by atoms with Crippen molar-refractivity contribution in [3.63, 3.8) is 0 Å². The molecule has 0 bridgehead atoms. The third kappa shape index (κ3) is 4.00. The molecule has 0 spiro atoms. The molecule has 1 amide bonds. The summed E-state index contributed by atoms with van der Waals surface area (Å²) in [4.78, 5) is 37.1. The Morgan fingerprint density at radius 3 is 2.84 bits per heavy atom. The summed E-state index contributed by atoms with van der Waals surface area (Å²) in [6, 6.07) is 1.90. The van der Waals surface area contributed by atoms with E-state index in [1.54, 1.807) is 19.2 Å². The van der Waals surface area contributed by atoms with Crippen molar-refractivity contribution < 1.29 is 14.3 Å². The normalized spacial score (nSPS) is 15.6. The number of methoxy groups -OCH3 is 1. The van der Waals surface area contributed by atoms with Crippen LogP contribution < -0.4 is 15.6 Å². The number of ether oxygens (including phenoxy) is 2. The molecule has 4 heterocycles. The first kappa shape index (κ1) is 22.0. The van der Waals surface area contributed by atoms with Gasteiger partial charge in [0.2, 0.25) is 0 Å². The highest BCUT2D eigenvalue weighted by atomic mass is 16.5. The number of hydrogen-bond donors (Lipinski definition) is 2. The molecule has 32 heavy (non-hydrogen) atoms.